The van der Waals surface area contributed by atoms with Crippen molar-refractivity contribution in [3.63, 3.8) is 0 Å². The van der Waals surface area contributed by atoms with Crippen molar-refractivity contribution in [1.29, 1.82) is 0 Å². The second-order valence-corrected chi connectivity index (χ2v) is 4.67. The number of rotatable bonds is 4. The number of hydrogen-bond donors (Lipinski definition) is 1. The molecule has 1 aromatic carbocycles. The Hall–Kier alpha value is -1.75. The number of esters is 1. The minimum absolute atomic E-state index is 0.209. The van der Waals surface area contributed by atoms with Crippen LogP contribution in [0.5, 0.6) is 0 Å². The Morgan fingerprint density at radius 1 is 1.42 bits per heavy atom. The molecule has 19 heavy (non-hydrogen) atoms. The zero-order valence-electron chi connectivity index (χ0n) is 10.4. The molecule has 102 valence electrons. The van der Waals surface area contributed by atoms with Crippen molar-refractivity contribution < 1.29 is 19.1 Å². The average Bonchev–Trinajstić information content (AvgIpc) is 2.78. The van der Waals surface area contributed by atoms with Crippen LogP contribution in [0.2, 0.25) is 5.02 Å². The molecule has 0 radical (unpaired) electrons. The van der Waals surface area contributed by atoms with Crippen LogP contribution in [0.25, 0.3) is 0 Å². The van der Waals surface area contributed by atoms with E-state index in [9.17, 15) is 9.59 Å². The minimum Gasteiger partial charge on any atom is -0.469 e. The molecule has 0 aliphatic carbocycles. The van der Waals surface area contributed by atoms with E-state index in [-0.39, 0.29) is 24.5 Å². The molecule has 1 aromatic rings. The van der Waals surface area contributed by atoms with E-state index in [4.69, 9.17) is 16.3 Å². The normalized spacial score (nSPS) is 21.7. The molecule has 0 aromatic heterocycles. The fourth-order valence-corrected chi connectivity index (χ4v) is 2.14. The number of carbonyl (C=O) groups excluding carboxylic acids is 2. The molecule has 6 heteroatoms. The zero-order valence-corrected chi connectivity index (χ0v) is 11.1. The van der Waals surface area contributed by atoms with Crippen LogP contribution >= 0.6 is 11.6 Å². The number of nitrogens with one attached hydrogen (secondary N) is 1. The highest BCUT2D eigenvalue weighted by Crippen LogP contribution is 2.28. The number of cyclic esters (lactones) is 1. The quantitative estimate of drug-likeness (QED) is 0.862. The lowest BCUT2D eigenvalue weighted by molar-refractivity contribution is -0.141. The molecule has 1 aliphatic heterocycles. The number of ether oxygens (including phenoxy) is 2. The highest BCUT2D eigenvalue weighted by Gasteiger charge is 2.35. The molecule has 2 atom stereocenters. The molecule has 1 N–H and O–H groups in total. The fraction of sp³-hybridized carbons (Fsp3) is 0.385. The van der Waals surface area contributed by atoms with E-state index in [2.05, 4.69) is 10.1 Å². The number of benzene rings is 1. The largest absolute Gasteiger partial charge is 0.469 e. The van der Waals surface area contributed by atoms with Crippen molar-refractivity contribution in [2.45, 2.75) is 25.0 Å². The molecule has 2 rings (SSSR count). The molecule has 5 nitrogen and oxygen atoms in total. The van der Waals surface area contributed by atoms with Crippen LogP contribution in [0.3, 0.4) is 0 Å². The van der Waals surface area contributed by atoms with Gasteiger partial charge in [-0.2, -0.15) is 0 Å². The van der Waals surface area contributed by atoms with Gasteiger partial charge in [0.2, 0.25) is 0 Å². The van der Waals surface area contributed by atoms with E-state index < -0.39 is 6.09 Å². The van der Waals surface area contributed by atoms with Gasteiger partial charge >= 0.3 is 12.1 Å². The van der Waals surface area contributed by atoms with Crippen molar-refractivity contribution in [3.05, 3.63) is 34.9 Å². The van der Waals surface area contributed by atoms with Crippen molar-refractivity contribution in [2.24, 2.45) is 0 Å². The maximum atomic E-state index is 11.3. The molecule has 0 spiro atoms. The molecular formula is C13H14ClNO4. The first-order valence-electron chi connectivity index (χ1n) is 5.89. The fourth-order valence-electron chi connectivity index (χ4n) is 2.02. The minimum atomic E-state index is -0.477. The number of methoxy groups -OCH3 is 1. The molecule has 1 heterocycles. The average molecular weight is 284 g/mol. The summed E-state index contributed by atoms with van der Waals surface area (Å²) >= 11 is 5.83. The van der Waals surface area contributed by atoms with Crippen molar-refractivity contribution in [1.82, 2.24) is 5.32 Å². The topological polar surface area (TPSA) is 64.6 Å². The third kappa shape index (κ3) is 3.38. The van der Waals surface area contributed by atoms with Crippen LogP contribution in [-0.4, -0.2) is 25.3 Å². The van der Waals surface area contributed by atoms with Gasteiger partial charge in [-0.1, -0.05) is 23.7 Å². The maximum absolute atomic E-state index is 11.3. The van der Waals surface area contributed by atoms with Gasteiger partial charge in [0.15, 0.2) is 0 Å². The molecule has 1 fully saturated rings. The van der Waals surface area contributed by atoms with Gasteiger partial charge in [-0.3, -0.25) is 4.79 Å². The van der Waals surface area contributed by atoms with Gasteiger partial charge < -0.3 is 14.8 Å². The molecule has 1 aliphatic rings. The monoisotopic (exact) mass is 283 g/mol. The third-order valence-electron chi connectivity index (χ3n) is 2.99. The van der Waals surface area contributed by atoms with E-state index in [1.165, 1.54) is 7.11 Å². The van der Waals surface area contributed by atoms with Gasteiger partial charge in [-0.25, -0.2) is 4.79 Å². The SMILES string of the molecule is COC(=O)CCC1OC(=O)NC1c1ccc(Cl)cc1. The van der Waals surface area contributed by atoms with Crippen molar-refractivity contribution in [3.8, 4) is 0 Å². The predicted molar refractivity (Wildman–Crippen MR) is 68.8 cm³/mol. The summed E-state index contributed by atoms with van der Waals surface area (Å²) in [6, 6.07) is 6.88. The highest BCUT2D eigenvalue weighted by atomic mass is 35.5. The zero-order chi connectivity index (χ0) is 13.8. The van der Waals surface area contributed by atoms with E-state index in [1.54, 1.807) is 12.1 Å². The Balaban J connectivity index is 2.06. The van der Waals surface area contributed by atoms with Gasteiger partial charge in [0.25, 0.3) is 0 Å². The number of carbonyl (C=O) groups is 2. The smallest absolute Gasteiger partial charge is 0.408 e. The molecule has 1 amide bonds. The second-order valence-electron chi connectivity index (χ2n) is 4.23. The maximum Gasteiger partial charge on any atom is 0.408 e. The summed E-state index contributed by atoms with van der Waals surface area (Å²) in [6.07, 6.45) is -0.235. The standard InChI is InChI=1S/C13H14ClNO4/c1-18-11(16)7-6-10-12(15-13(17)19-10)8-2-4-9(14)5-3-8/h2-5,10,12H,6-7H2,1H3,(H,15,17). The van der Waals surface area contributed by atoms with Crippen LogP contribution < -0.4 is 5.32 Å². The van der Waals surface area contributed by atoms with E-state index in [0.717, 1.165) is 5.56 Å². The van der Waals surface area contributed by atoms with E-state index >= 15 is 0 Å². The van der Waals surface area contributed by atoms with Gasteiger partial charge in [0.05, 0.1) is 13.2 Å². The molecule has 1 saturated heterocycles. The second kappa shape index (κ2) is 5.93. The van der Waals surface area contributed by atoms with Crippen LogP contribution in [0, 0.1) is 0 Å². The summed E-state index contributed by atoms with van der Waals surface area (Å²) in [5.41, 5.74) is 0.894. The Morgan fingerprint density at radius 2 is 2.11 bits per heavy atom. The Morgan fingerprint density at radius 3 is 2.74 bits per heavy atom. The highest BCUT2D eigenvalue weighted by molar-refractivity contribution is 6.30. The number of amides is 1. The van der Waals surface area contributed by atoms with Crippen LogP contribution in [0.15, 0.2) is 24.3 Å². The first-order chi connectivity index (χ1) is 9.10. The Labute approximate surface area is 115 Å². The van der Waals surface area contributed by atoms with Gasteiger partial charge in [0, 0.05) is 11.4 Å². The van der Waals surface area contributed by atoms with E-state index in [1.807, 2.05) is 12.1 Å². The van der Waals surface area contributed by atoms with Crippen molar-refractivity contribution in [2.75, 3.05) is 7.11 Å². The molecule has 2 unspecified atom stereocenters. The molecular weight excluding hydrogens is 270 g/mol. The molecule has 0 bridgehead atoms. The Kier molecular flexibility index (Phi) is 4.27. The van der Waals surface area contributed by atoms with Crippen LogP contribution in [0.4, 0.5) is 4.79 Å². The summed E-state index contributed by atoms with van der Waals surface area (Å²) in [5, 5.41) is 3.35. The Bertz CT molecular complexity index is 474. The van der Waals surface area contributed by atoms with E-state index in [0.29, 0.717) is 11.4 Å². The molecule has 0 saturated carbocycles. The summed E-state index contributed by atoms with van der Waals surface area (Å²) < 4.78 is 9.74. The van der Waals surface area contributed by atoms with Gasteiger partial charge in [0.1, 0.15) is 6.10 Å². The lowest BCUT2D eigenvalue weighted by atomic mass is 9.99. The summed E-state index contributed by atoms with van der Waals surface area (Å²) in [5.74, 6) is -0.321. The summed E-state index contributed by atoms with van der Waals surface area (Å²) in [7, 11) is 1.33. The lowest BCUT2D eigenvalue weighted by Gasteiger charge is -2.16. The van der Waals surface area contributed by atoms with Gasteiger partial charge in [-0.05, 0) is 24.1 Å². The number of halogens is 1. The van der Waals surface area contributed by atoms with Crippen LogP contribution in [-0.2, 0) is 14.3 Å². The third-order valence-corrected chi connectivity index (χ3v) is 3.25. The van der Waals surface area contributed by atoms with Gasteiger partial charge in [-0.15, -0.1) is 0 Å². The summed E-state index contributed by atoms with van der Waals surface area (Å²) in [6.45, 7) is 0. The number of alkyl carbamates (subject to hydrolysis) is 1. The first-order valence-corrected chi connectivity index (χ1v) is 6.27. The summed E-state index contributed by atoms with van der Waals surface area (Å²) in [4.78, 5) is 22.5. The lowest BCUT2D eigenvalue weighted by Crippen LogP contribution is -2.23. The van der Waals surface area contributed by atoms with Crippen molar-refractivity contribution >= 4 is 23.7 Å². The number of hydrogen-bond acceptors (Lipinski definition) is 4. The predicted octanol–water partition coefficient (Wildman–Crippen LogP) is 2.44. The first kappa shape index (κ1) is 13.7. The van der Waals surface area contributed by atoms with Crippen LogP contribution in [0.1, 0.15) is 24.4 Å².